The van der Waals surface area contributed by atoms with Crippen LogP contribution in [0.5, 0.6) is 0 Å². The van der Waals surface area contributed by atoms with Crippen LogP contribution in [0.1, 0.15) is 21.7 Å². The molecule has 0 aliphatic carbocycles. The van der Waals surface area contributed by atoms with E-state index in [-0.39, 0.29) is 22.0 Å². The Labute approximate surface area is 151 Å². The Kier molecular flexibility index (Phi) is 4.73. The van der Waals surface area contributed by atoms with Crippen LogP contribution in [0.3, 0.4) is 0 Å². The van der Waals surface area contributed by atoms with E-state index in [1.165, 1.54) is 0 Å². The lowest BCUT2D eigenvalue weighted by Gasteiger charge is -2.11. The highest BCUT2D eigenvalue weighted by atomic mass is 35.5. The maximum Gasteiger partial charge on any atom is 0.416 e. The third-order valence-corrected chi connectivity index (χ3v) is 3.99. The number of anilines is 1. The van der Waals surface area contributed by atoms with Gasteiger partial charge < -0.3 is 9.84 Å². The van der Waals surface area contributed by atoms with Crippen LogP contribution in [0, 0.1) is 6.92 Å². The van der Waals surface area contributed by atoms with E-state index in [4.69, 9.17) is 16.1 Å². The molecule has 1 N–H and O–H groups in total. The molecule has 0 unspecified atom stereocenters. The summed E-state index contributed by atoms with van der Waals surface area (Å²) >= 11 is 5.88. The quantitative estimate of drug-likeness (QED) is 0.645. The number of nitrogens with one attached hydrogen (secondary N) is 1. The number of rotatable bonds is 3. The molecule has 0 aliphatic rings. The zero-order chi connectivity index (χ0) is 18.9. The highest BCUT2D eigenvalue weighted by molar-refractivity contribution is 6.34. The molecule has 0 bridgehead atoms. The summed E-state index contributed by atoms with van der Waals surface area (Å²) in [4.78, 5) is 12.6. The van der Waals surface area contributed by atoms with E-state index >= 15 is 0 Å². The van der Waals surface area contributed by atoms with Gasteiger partial charge in [-0.3, -0.25) is 4.79 Å². The molecule has 2 aromatic carbocycles. The summed E-state index contributed by atoms with van der Waals surface area (Å²) in [5.41, 5.74) is 0.361. The minimum absolute atomic E-state index is 0.0595. The average Bonchev–Trinajstić information content (AvgIpc) is 2.98. The topological polar surface area (TPSA) is 55.1 Å². The first kappa shape index (κ1) is 18.0. The largest absolute Gasteiger partial charge is 0.416 e. The minimum Gasteiger partial charge on any atom is -0.360 e. The third-order valence-electron chi connectivity index (χ3n) is 3.68. The summed E-state index contributed by atoms with van der Waals surface area (Å²) in [5, 5.41) is 6.19. The van der Waals surface area contributed by atoms with Crippen LogP contribution in [0.4, 0.5) is 18.9 Å². The Hall–Kier alpha value is -2.80. The van der Waals surface area contributed by atoms with E-state index in [1.807, 2.05) is 6.07 Å². The normalized spacial score (nSPS) is 11.4. The number of carbonyl (C=O) groups excluding carboxylic acids is 1. The van der Waals surface area contributed by atoms with Crippen LogP contribution >= 0.6 is 11.6 Å². The second kappa shape index (κ2) is 6.84. The predicted octanol–water partition coefficient (Wildman–Crippen LogP) is 5.57. The molecule has 0 radical (unpaired) electrons. The van der Waals surface area contributed by atoms with E-state index in [1.54, 1.807) is 31.2 Å². The maximum absolute atomic E-state index is 12.7. The summed E-state index contributed by atoms with van der Waals surface area (Å²) in [5.74, 6) is -0.298. The van der Waals surface area contributed by atoms with Gasteiger partial charge in [0.2, 0.25) is 0 Å². The van der Waals surface area contributed by atoms with Crippen LogP contribution < -0.4 is 5.32 Å². The van der Waals surface area contributed by atoms with Gasteiger partial charge in [0.15, 0.2) is 0 Å². The van der Waals surface area contributed by atoms with E-state index in [0.717, 1.165) is 18.2 Å². The van der Waals surface area contributed by atoms with E-state index in [0.29, 0.717) is 11.3 Å². The first-order chi connectivity index (χ1) is 12.3. The smallest absolute Gasteiger partial charge is 0.360 e. The van der Waals surface area contributed by atoms with Crippen LogP contribution in [0.15, 0.2) is 53.1 Å². The van der Waals surface area contributed by atoms with Crippen molar-refractivity contribution >= 4 is 23.2 Å². The molecule has 3 aromatic rings. The Morgan fingerprint density at radius 2 is 1.85 bits per heavy atom. The van der Waals surface area contributed by atoms with Crippen molar-refractivity contribution in [1.82, 2.24) is 5.16 Å². The lowest BCUT2D eigenvalue weighted by atomic mass is 10.1. The standard InChI is InChI=1S/C18H12ClF3N2O2/c1-10-15(16(24-26-10)11-5-3-2-4-6-11)17(25)23-14-8-7-12(9-13(14)19)18(20,21)22/h2-9H,1H3,(H,23,25). The van der Waals surface area contributed by atoms with Crippen LogP contribution in [0.25, 0.3) is 11.3 Å². The lowest BCUT2D eigenvalue weighted by Crippen LogP contribution is -2.14. The minimum atomic E-state index is -4.52. The number of carbonyl (C=O) groups is 1. The third kappa shape index (κ3) is 3.57. The van der Waals surface area contributed by atoms with Gasteiger partial charge in [0, 0.05) is 5.56 Å². The molecular formula is C18H12ClF3N2O2. The molecular weight excluding hydrogens is 369 g/mol. The monoisotopic (exact) mass is 380 g/mol. The van der Waals surface area contributed by atoms with Gasteiger partial charge in [0.05, 0.1) is 16.3 Å². The second-order valence-corrected chi connectivity index (χ2v) is 5.88. The number of nitrogens with zero attached hydrogens (tertiary/aromatic N) is 1. The molecule has 26 heavy (non-hydrogen) atoms. The fourth-order valence-electron chi connectivity index (χ4n) is 2.41. The van der Waals surface area contributed by atoms with Crippen molar-refractivity contribution in [3.05, 3.63) is 70.4 Å². The van der Waals surface area contributed by atoms with Crippen molar-refractivity contribution in [2.45, 2.75) is 13.1 Å². The van der Waals surface area contributed by atoms with Gasteiger partial charge in [-0.05, 0) is 25.1 Å². The van der Waals surface area contributed by atoms with E-state index in [2.05, 4.69) is 10.5 Å². The molecule has 1 heterocycles. The number of hydrogen-bond acceptors (Lipinski definition) is 3. The highest BCUT2D eigenvalue weighted by Crippen LogP contribution is 2.34. The van der Waals surface area contributed by atoms with Crippen molar-refractivity contribution in [3.8, 4) is 11.3 Å². The van der Waals surface area contributed by atoms with E-state index in [9.17, 15) is 18.0 Å². The molecule has 1 amide bonds. The Balaban J connectivity index is 1.92. The van der Waals surface area contributed by atoms with Gasteiger partial charge in [0.1, 0.15) is 17.0 Å². The average molecular weight is 381 g/mol. The summed E-state index contributed by atoms with van der Waals surface area (Å²) in [7, 11) is 0. The molecule has 8 heteroatoms. The summed E-state index contributed by atoms with van der Waals surface area (Å²) < 4.78 is 43.2. The molecule has 4 nitrogen and oxygen atoms in total. The lowest BCUT2D eigenvalue weighted by molar-refractivity contribution is -0.137. The molecule has 3 rings (SSSR count). The Morgan fingerprint density at radius 1 is 1.15 bits per heavy atom. The number of benzene rings is 2. The fourth-order valence-corrected chi connectivity index (χ4v) is 2.64. The molecule has 0 fully saturated rings. The maximum atomic E-state index is 12.7. The number of alkyl halides is 3. The summed E-state index contributed by atoms with van der Waals surface area (Å²) in [6.45, 7) is 1.57. The Morgan fingerprint density at radius 3 is 2.46 bits per heavy atom. The number of halogens is 4. The molecule has 0 saturated carbocycles. The first-order valence-electron chi connectivity index (χ1n) is 7.47. The van der Waals surface area contributed by atoms with E-state index < -0.39 is 17.6 Å². The van der Waals surface area contributed by atoms with Crippen LogP contribution in [0.2, 0.25) is 5.02 Å². The van der Waals surface area contributed by atoms with Crippen molar-refractivity contribution in [3.63, 3.8) is 0 Å². The van der Waals surface area contributed by atoms with Gasteiger partial charge in [-0.2, -0.15) is 13.2 Å². The van der Waals surface area contributed by atoms with Gasteiger partial charge in [-0.25, -0.2) is 0 Å². The van der Waals surface area contributed by atoms with Crippen molar-refractivity contribution in [1.29, 1.82) is 0 Å². The molecule has 0 aliphatic heterocycles. The second-order valence-electron chi connectivity index (χ2n) is 5.47. The first-order valence-corrected chi connectivity index (χ1v) is 7.85. The predicted molar refractivity (Wildman–Crippen MR) is 91.1 cm³/mol. The number of hydrogen-bond donors (Lipinski definition) is 1. The van der Waals surface area contributed by atoms with Crippen LogP contribution in [-0.4, -0.2) is 11.1 Å². The van der Waals surface area contributed by atoms with Gasteiger partial charge in [-0.1, -0.05) is 47.1 Å². The molecule has 1 aromatic heterocycles. The molecule has 0 atom stereocenters. The SMILES string of the molecule is Cc1onc(-c2ccccc2)c1C(=O)Nc1ccc(C(F)(F)F)cc1Cl. The number of aryl methyl sites for hydroxylation is 1. The van der Waals surface area contributed by atoms with Crippen molar-refractivity contribution < 1.29 is 22.5 Å². The zero-order valence-corrected chi connectivity index (χ0v) is 14.2. The van der Waals surface area contributed by atoms with Gasteiger partial charge in [-0.15, -0.1) is 0 Å². The number of aromatic nitrogens is 1. The molecule has 134 valence electrons. The summed E-state index contributed by atoms with van der Waals surface area (Å²) in [6.07, 6.45) is -4.52. The van der Waals surface area contributed by atoms with Crippen molar-refractivity contribution in [2.75, 3.05) is 5.32 Å². The molecule has 0 saturated heterocycles. The van der Waals surface area contributed by atoms with Gasteiger partial charge in [0.25, 0.3) is 5.91 Å². The fraction of sp³-hybridized carbons (Fsp3) is 0.111. The summed E-state index contributed by atoms with van der Waals surface area (Å²) in [6, 6.07) is 11.6. The molecule has 0 spiro atoms. The highest BCUT2D eigenvalue weighted by Gasteiger charge is 2.31. The van der Waals surface area contributed by atoms with Gasteiger partial charge >= 0.3 is 6.18 Å². The van der Waals surface area contributed by atoms with Crippen LogP contribution in [-0.2, 0) is 6.18 Å². The zero-order valence-electron chi connectivity index (χ0n) is 13.4. The number of amides is 1. The van der Waals surface area contributed by atoms with Crippen molar-refractivity contribution in [2.24, 2.45) is 0 Å². The Bertz CT molecular complexity index is 953.